The van der Waals surface area contributed by atoms with Crippen LogP contribution >= 0.6 is 0 Å². The van der Waals surface area contributed by atoms with E-state index in [0.717, 1.165) is 18.4 Å². The van der Waals surface area contributed by atoms with Crippen LogP contribution < -0.4 is 15.6 Å². The van der Waals surface area contributed by atoms with E-state index < -0.39 is 0 Å². The predicted octanol–water partition coefficient (Wildman–Crippen LogP) is 3.20. The topological polar surface area (TPSA) is 97.7 Å². The maximum atomic E-state index is 12.3. The highest BCUT2D eigenvalue weighted by Gasteiger charge is 2.20. The fourth-order valence-corrected chi connectivity index (χ4v) is 3.44. The summed E-state index contributed by atoms with van der Waals surface area (Å²) in [4.78, 5) is 24.1. The molecule has 0 amide bonds. The van der Waals surface area contributed by atoms with Gasteiger partial charge in [-0.3, -0.25) is 9.78 Å². The van der Waals surface area contributed by atoms with Crippen LogP contribution in [0.4, 0.5) is 5.95 Å². The first kappa shape index (κ1) is 18.5. The van der Waals surface area contributed by atoms with Crippen LogP contribution in [0.25, 0.3) is 11.0 Å². The second-order valence-corrected chi connectivity index (χ2v) is 8.26. The van der Waals surface area contributed by atoms with Crippen molar-refractivity contribution >= 4 is 17.0 Å². The minimum atomic E-state index is -0.265. The number of hydrogen-bond donors (Lipinski definition) is 2. The van der Waals surface area contributed by atoms with Crippen LogP contribution in [0.15, 0.2) is 29.3 Å². The minimum Gasteiger partial charge on any atom is -0.474 e. The molecule has 1 fully saturated rings. The monoisotopic (exact) mass is 382 g/mol. The van der Waals surface area contributed by atoms with Gasteiger partial charge in [0.05, 0.1) is 11.7 Å². The van der Waals surface area contributed by atoms with Crippen molar-refractivity contribution in [1.82, 2.24) is 24.7 Å². The Morgan fingerprint density at radius 3 is 2.71 bits per heavy atom. The van der Waals surface area contributed by atoms with Gasteiger partial charge in [-0.1, -0.05) is 6.07 Å². The molecule has 0 spiro atoms. The summed E-state index contributed by atoms with van der Waals surface area (Å²) in [5.74, 6) is 1.08. The minimum absolute atomic E-state index is 0.207. The quantitative estimate of drug-likeness (QED) is 0.703. The van der Waals surface area contributed by atoms with Gasteiger partial charge < -0.3 is 10.1 Å². The first-order valence-corrected chi connectivity index (χ1v) is 9.74. The molecule has 2 N–H and O–H groups in total. The number of aromatic amines is 1. The van der Waals surface area contributed by atoms with Crippen molar-refractivity contribution < 1.29 is 4.74 Å². The smallest absolute Gasteiger partial charge is 0.263 e. The first-order valence-electron chi connectivity index (χ1n) is 9.74. The van der Waals surface area contributed by atoms with Crippen LogP contribution in [0.3, 0.4) is 0 Å². The number of nitrogens with one attached hydrogen (secondary N) is 2. The van der Waals surface area contributed by atoms with Crippen molar-refractivity contribution in [2.24, 2.45) is 0 Å². The van der Waals surface area contributed by atoms with E-state index >= 15 is 0 Å². The third kappa shape index (κ3) is 3.85. The molecule has 0 saturated heterocycles. The van der Waals surface area contributed by atoms with E-state index in [9.17, 15) is 4.79 Å². The van der Waals surface area contributed by atoms with Crippen LogP contribution in [0.1, 0.15) is 52.0 Å². The van der Waals surface area contributed by atoms with Gasteiger partial charge >= 0.3 is 0 Å². The lowest BCUT2D eigenvalue weighted by Gasteiger charge is -2.19. The molecule has 3 heterocycles. The normalized spacial score (nSPS) is 15.2. The lowest BCUT2D eigenvalue weighted by Crippen LogP contribution is -2.24. The lowest BCUT2D eigenvalue weighted by molar-refractivity contribution is 0.201. The molecule has 0 radical (unpaired) electrons. The van der Waals surface area contributed by atoms with Crippen LogP contribution in [0.2, 0.25) is 0 Å². The summed E-state index contributed by atoms with van der Waals surface area (Å²) in [6, 6.07) is 3.86. The van der Waals surface area contributed by atoms with Crippen molar-refractivity contribution in [2.45, 2.75) is 64.6 Å². The molecule has 4 rings (SSSR count). The summed E-state index contributed by atoms with van der Waals surface area (Å²) in [7, 11) is 0. The highest BCUT2D eigenvalue weighted by atomic mass is 16.5. The summed E-state index contributed by atoms with van der Waals surface area (Å²) in [5, 5.41) is 7.97. The molecule has 148 valence electrons. The molecule has 1 saturated carbocycles. The zero-order valence-corrected chi connectivity index (χ0v) is 16.5. The van der Waals surface area contributed by atoms with Gasteiger partial charge in [0.2, 0.25) is 11.8 Å². The molecule has 0 bridgehead atoms. The number of ether oxygens (including phenoxy) is 1. The maximum Gasteiger partial charge on any atom is 0.263 e. The number of rotatable bonds is 5. The Bertz CT molecular complexity index is 1010. The molecular weight excluding hydrogens is 356 g/mol. The van der Waals surface area contributed by atoms with Crippen LogP contribution in [0, 0.1) is 0 Å². The third-order valence-electron chi connectivity index (χ3n) is 4.92. The molecule has 0 aliphatic heterocycles. The number of pyridine rings is 1. The van der Waals surface area contributed by atoms with E-state index in [-0.39, 0.29) is 11.1 Å². The summed E-state index contributed by atoms with van der Waals surface area (Å²) in [5.41, 5.74) is 1.07. The zero-order chi connectivity index (χ0) is 19.7. The average molecular weight is 382 g/mol. The molecule has 28 heavy (non-hydrogen) atoms. The molecule has 8 nitrogen and oxygen atoms in total. The van der Waals surface area contributed by atoms with E-state index in [1.807, 2.05) is 32.9 Å². The lowest BCUT2D eigenvalue weighted by atomic mass is 10.1. The van der Waals surface area contributed by atoms with Gasteiger partial charge in [0.25, 0.3) is 5.56 Å². The van der Waals surface area contributed by atoms with Crippen molar-refractivity contribution in [2.75, 3.05) is 5.32 Å². The van der Waals surface area contributed by atoms with Gasteiger partial charge in [0.15, 0.2) is 5.65 Å². The molecule has 0 aromatic carbocycles. The largest absolute Gasteiger partial charge is 0.474 e. The van der Waals surface area contributed by atoms with Gasteiger partial charge in [0.1, 0.15) is 11.5 Å². The van der Waals surface area contributed by atoms with E-state index in [4.69, 9.17) is 4.74 Å². The predicted molar refractivity (Wildman–Crippen MR) is 108 cm³/mol. The molecule has 3 aromatic heterocycles. The number of nitrogens with zero attached hydrogens (tertiary/aromatic N) is 4. The van der Waals surface area contributed by atoms with Gasteiger partial charge in [-0.05, 0) is 52.0 Å². The molecular formula is C20H26N6O2. The fraction of sp³-hybridized carbons (Fsp3) is 0.500. The van der Waals surface area contributed by atoms with Crippen molar-refractivity contribution in [1.29, 1.82) is 0 Å². The summed E-state index contributed by atoms with van der Waals surface area (Å²) in [6.07, 6.45) is 8.32. The van der Waals surface area contributed by atoms with E-state index in [1.54, 1.807) is 17.1 Å². The molecule has 1 aliphatic rings. The van der Waals surface area contributed by atoms with Gasteiger partial charge in [-0.25, -0.2) is 9.67 Å². The van der Waals surface area contributed by atoms with E-state index in [2.05, 4.69) is 25.4 Å². The summed E-state index contributed by atoms with van der Waals surface area (Å²) >= 11 is 0. The third-order valence-corrected chi connectivity index (χ3v) is 4.92. The Morgan fingerprint density at radius 2 is 2.04 bits per heavy atom. The molecule has 1 aliphatic carbocycles. The Balaban J connectivity index is 1.47. The second-order valence-electron chi connectivity index (χ2n) is 8.26. The Kier molecular flexibility index (Phi) is 4.78. The summed E-state index contributed by atoms with van der Waals surface area (Å²) < 4.78 is 7.66. The molecule has 3 aromatic rings. The number of anilines is 1. The van der Waals surface area contributed by atoms with Gasteiger partial charge in [-0.15, -0.1) is 0 Å². The van der Waals surface area contributed by atoms with Crippen LogP contribution in [0.5, 0.6) is 5.88 Å². The fourth-order valence-electron chi connectivity index (χ4n) is 3.44. The standard InChI is InChI=1S/C20H26N6O2/c1-20(2,3)26-17-15(12-23-26)18(27)25-19(24-17)22-11-13-8-9-16(21-10-13)28-14-6-4-5-7-14/h8-10,12,14H,4-7,11H2,1-3H3,(H2,22,24,25,27). The maximum absolute atomic E-state index is 12.3. The Labute approximate surface area is 163 Å². The van der Waals surface area contributed by atoms with E-state index in [1.165, 1.54) is 12.8 Å². The highest BCUT2D eigenvalue weighted by molar-refractivity contribution is 5.74. The van der Waals surface area contributed by atoms with Crippen molar-refractivity contribution in [3.63, 3.8) is 0 Å². The van der Waals surface area contributed by atoms with Crippen molar-refractivity contribution in [3.8, 4) is 5.88 Å². The van der Waals surface area contributed by atoms with Gasteiger partial charge in [0, 0.05) is 18.8 Å². The van der Waals surface area contributed by atoms with Crippen LogP contribution in [-0.4, -0.2) is 30.8 Å². The zero-order valence-electron chi connectivity index (χ0n) is 16.5. The number of aromatic nitrogens is 5. The molecule has 8 heteroatoms. The van der Waals surface area contributed by atoms with Crippen molar-refractivity contribution in [3.05, 3.63) is 40.4 Å². The molecule has 0 unspecified atom stereocenters. The Hall–Kier alpha value is -2.90. The average Bonchev–Trinajstić information content (AvgIpc) is 3.30. The van der Waals surface area contributed by atoms with E-state index in [0.29, 0.717) is 35.5 Å². The Morgan fingerprint density at radius 1 is 1.25 bits per heavy atom. The number of H-pyrrole nitrogens is 1. The van der Waals surface area contributed by atoms with Crippen LogP contribution in [-0.2, 0) is 12.1 Å². The summed E-state index contributed by atoms with van der Waals surface area (Å²) in [6.45, 7) is 6.57. The first-order chi connectivity index (χ1) is 13.4. The number of hydrogen-bond acceptors (Lipinski definition) is 6. The second kappa shape index (κ2) is 7.26. The number of fused-ring (bicyclic) bond motifs is 1. The highest BCUT2D eigenvalue weighted by Crippen LogP contribution is 2.23. The van der Waals surface area contributed by atoms with Gasteiger partial charge in [-0.2, -0.15) is 10.1 Å². The molecule has 0 atom stereocenters. The SMILES string of the molecule is CC(C)(C)n1ncc2c(=O)[nH]c(NCc3ccc(OC4CCCC4)nc3)nc21.